The number of ether oxygens (including phenoxy) is 4. The second-order valence-electron chi connectivity index (χ2n) is 6.95. The van der Waals surface area contributed by atoms with E-state index >= 15 is 0 Å². The fourth-order valence-corrected chi connectivity index (χ4v) is 5.23. The SMILES string of the molecule is CO[C@@H]1[C@@H](CS(=O)(=O)c2ccccc2)[C@H](CC=O)O[C@@H]1[C@H](COC(C)=O)OC(C)=O. The molecular formula is C20H26O9S. The van der Waals surface area contributed by atoms with Crippen LogP contribution in [0.5, 0.6) is 0 Å². The molecule has 0 bridgehead atoms. The zero-order valence-electron chi connectivity index (χ0n) is 17.1. The third-order valence-corrected chi connectivity index (χ3v) is 6.62. The van der Waals surface area contributed by atoms with Gasteiger partial charge >= 0.3 is 11.9 Å². The predicted molar refractivity (Wildman–Crippen MR) is 104 cm³/mol. The van der Waals surface area contributed by atoms with Crippen molar-refractivity contribution in [3.8, 4) is 0 Å². The van der Waals surface area contributed by atoms with Gasteiger partial charge in [0.1, 0.15) is 19.0 Å². The first-order valence-corrected chi connectivity index (χ1v) is 11.0. The summed E-state index contributed by atoms with van der Waals surface area (Å²) < 4.78 is 47.5. The molecule has 0 radical (unpaired) electrons. The van der Waals surface area contributed by atoms with Gasteiger partial charge in [-0.25, -0.2) is 8.42 Å². The average Bonchev–Trinajstić information content (AvgIpc) is 3.02. The maximum atomic E-state index is 12.9. The number of aldehydes is 1. The van der Waals surface area contributed by atoms with Gasteiger partial charge in [0.15, 0.2) is 15.9 Å². The first-order valence-electron chi connectivity index (χ1n) is 9.40. The van der Waals surface area contributed by atoms with Crippen molar-refractivity contribution in [2.45, 2.75) is 49.6 Å². The van der Waals surface area contributed by atoms with Crippen LogP contribution in [0.2, 0.25) is 0 Å². The normalized spacial score (nSPS) is 24.8. The Morgan fingerprint density at radius 2 is 1.83 bits per heavy atom. The molecule has 1 aromatic rings. The number of hydrogen-bond acceptors (Lipinski definition) is 9. The monoisotopic (exact) mass is 442 g/mol. The minimum atomic E-state index is -3.70. The Morgan fingerprint density at radius 3 is 2.37 bits per heavy atom. The average molecular weight is 442 g/mol. The van der Waals surface area contributed by atoms with E-state index in [1.165, 1.54) is 33.1 Å². The van der Waals surface area contributed by atoms with Gasteiger partial charge in [0, 0.05) is 33.3 Å². The molecule has 0 amide bonds. The summed E-state index contributed by atoms with van der Waals surface area (Å²) in [5.41, 5.74) is 0. The molecule has 5 atom stereocenters. The molecular weight excluding hydrogens is 416 g/mol. The highest BCUT2D eigenvalue weighted by Gasteiger charge is 2.50. The van der Waals surface area contributed by atoms with E-state index < -0.39 is 52.1 Å². The number of carbonyl (C=O) groups is 3. The summed E-state index contributed by atoms with van der Waals surface area (Å²) in [6.45, 7) is 2.11. The maximum absolute atomic E-state index is 12.9. The predicted octanol–water partition coefficient (Wildman–Crippen LogP) is 0.943. The summed E-state index contributed by atoms with van der Waals surface area (Å²) in [7, 11) is -2.33. The largest absolute Gasteiger partial charge is 0.462 e. The van der Waals surface area contributed by atoms with E-state index in [9.17, 15) is 22.8 Å². The van der Waals surface area contributed by atoms with Gasteiger partial charge in [-0.05, 0) is 12.1 Å². The van der Waals surface area contributed by atoms with Gasteiger partial charge in [-0.3, -0.25) is 9.59 Å². The zero-order chi connectivity index (χ0) is 22.3. The van der Waals surface area contributed by atoms with E-state index in [1.54, 1.807) is 18.2 Å². The van der Waals surface area contributed by atoms with E-state index in [-0.39, 0.29) is 23.7 Å². The lowest BCUT2D eigenvalue weighted by Gasteiger charge is -2.27. The quantitative estimate of drug-likeness (QED) is 0.385. The van der Waals surface area contributed by atoms with E-state index in [2.05, 4.69) is 0 Å². The maximum Gasteiger partial charge on any atom is 0.303 e. The molecule has 2 rings (SSSR count). The molecule has 1 fully saturated rings. The lowest BCUT2D eigenvalue weighted by Crippen LogP contribution is -2.44. The second kappa shape index (κ2) is 10.6. The molecule has 0 unspecified atom stereocenters. The summed E-state index contributed by atoms with van der Waals surface area (Å²) in [6.07, 6.45) is -2.95. The molecule has 0 aliphatic carbocycles. The molecule has 1 aliphatic heterocycles. The topological polar surface area (TPSA) is 122 Å². The zero-order valence-corrected chi connectivity index (χ0v) is 17.9. The van der Waals surface area contributed by atoms with Gasteiger partial charge in [0.2, 0.25) is 0 Å². The number of methoxy groups -OCH3 is 1. The Labute approximate surface area is 175 Å². The molecule has 1 heterocycles. The van der Waals surface area contributed by atoms with Crippen molar-refractivity contribution in [1.82, 2.24) is 0 Å². The summed E-state index contributed by atoms with van der Waals surface area (Å²) in [4.78, 5) is 34.1. The third-order valence-electron chi connectivity index (χ3n) is 4.80. The van der Waals surface area contributed by atoms with Crippen molar-refractivity contribution in [2.75, 3.05) is 19.5 Å². The summed E-state index contributed by atoms with van der Waals surface area (Å²) in [6, 6.07) is 7.92. The number of carbonyl (C=O) groups excluding carboxylic acids is 3. The molecule has 1 aromatic carbocycles. The van der Waals surface area contributed by atoms with Crippen LogP contribution in [-0.2, 0) is 43.2 Å². The fourth-order valence-electron chi connectivity index (χ4n) is 3.56. The molecule has 0 N–H and O–H groups in total. The van der Waals surface area contributed by atoms with Crippen LogP contribution >= 0.6 is 0 Å². The van der Waals surface area contributed by atoms with E-state index in [4.69, 9.17) is 18.9 Å². The third kappa shape index (κ3) is 6.10. The van der Waals surface area contributed by atoms with Crippen LogP contribution in [0, 0.1) is 5.92 Å². The number of rotatable bonds is 10. The molecule has 30 heavy (non-hydrogen) atoms. The van der Waals surface area contributed by atoms with Gasteiger partial charge in [0.25, 0.3) is 0 Å². The van der Waals surface area contributed by atoms with Crippen molar-refractivity contribution in [2.24, 2.45) is 5.92 Å². The number of esters is 2. The summed E-state index contributed by atoms with van der Waals surface area (Å²) in [5, 5.41) is 0. The highest BCUT2D eigenvalue weighted by molar-refractivity contribution is 7.91. The smallest absolute Gasteiger partial charge is 0.303 e. The molecule has 166 valence electrons. The van der Waals surface area contributed by atoms with Crippen molar-refractivity contribution in [3.05, 3.63) is 30.3 Å². The number of hydrogen-bond donors (Lipinski definition) is 0. The minimum Gasteiger partial charge on any atom is -0.462 e. The number of sulfone groups is 1. The Bertz CT molecular complexity index is 837. The Morgan fingerprint density at radius 1 is 1.17 bits per heavy atom. The summed E-state index contributed by atoms with van der Waals surface area (Å²) in [5.74, 6) is -2.24. The van der Waals surface area contributed by atoms with Crippen molar-refractivity contribution >= 4 is 28.1 Å². The highest BCUT2D eigenvalue weighted by Crippen LogP contribution is 2.35. The van der Waals surface area contributed by atoms with Gasteiger partial charge < -0.3 is 23.7 Å². The van der Waals surface area contributed by atoms with Gasteiger partial charge in [-0.15, -0.1) is 0 Å². The second-order valence-corrected chi connectivity index (χ2v) is 8.98. The first kappa shape index (κ1) is 24.0. The van der Waals surface area contributed by atoms with Crippen molar-refractivity contribution in [3.63, 3.8) is 0 Å². The standard InChI is InChI=1S/C20H26O9S/c1-13(22)27-11-18(28-14(2)23)20-19(26-3)16(17(29-20)9-10-21)12-30(24,25)15-7-5-4-6-8-15/h4-8,10,16-20H,9,11-12H2,1-3H3/t16-,17-,18-,19+,20+/m0/s1. The lowest BCUT2D eigenvalue weighted by atomic mass is 9.94. The van der Waals surface area contributed by atoms with Gasteiger partial charge in [-0.2, -0.15) is 0 Å². The van der Waals surface area contributed by atoms with E-state index in [1.807, 2.05) is 0 Å². The Balaban J connectivity index is 2.32. The van der Waals surface area contributed by atoms with Crippen LogP contribution in [0.3, 0.4) is 0 Å². The van der Waals surface area contributed by atoms with Crippen LogP contribution in [-0.4, -0.2) is 70.5 Å². The molecule has 10 heteroatoms. The molecule has 0 spiro atoms. The van der Waals surface area contributed by atoms with Crippen LogP contribution in [0.15, 0.2) is 35.2 Å². The highest BCUT2D eigenvalue weighted by atomic mass is 32.2. The summed E-state index contributed by atoms with van der Waals surface area (Å²) >= 11 is 0. The van der Waals surface area contributed by atoms with Crippen LogP contribution in [0.1, 0.15) is 20.3 Å². The molecule has 0 saturated carbocycles. The van der Waals surface area contributed by atoms with Gasteiger partial charge in [-0.1, -0.05) is 18.2 Å². The van der Waals surface area contributed by atoms with Crippen LogP contribution in [0.4, 0.5) is 0 Å². The Hall–Kier alpha value is -2.30. The lowest BCUT2D eigenvalue weighted by molar-refractivity contribution is -0.170. The molecule has 9 nitrogen and oxygen atoms in total. The Kier molecular flexibility index (Phi) is 8.51. The van der Waals surface area contributed by atoms with Crippen molar-refractivity contribution < 1.29 is 41.7 Å². The molecule has 1 aliphatic rings. The molecule has 1 saturated heterocycles. The van der Waals surface area contributed by atoms with Crippen LogP contribution in [0.25, 0.3) is 0 Å². The fraction of sp³-hybridized carbons (Fsp3) is 0.550. The van der Waals surface area contributed by atoms with Gasteiger partial charge in [0.05, 0.1) is 22.9 Å². The number of benzene rings is 1. The minimum absolute atomic E-state index is 0.0638. The van der Waals surface area contributed by atoms with Crippen molar-refractivity contribution in [1.29, 1.82) is 0 Å². The van der Waals surface area contributed by atoms with E-state index in [0.29, 0.717) is 6.29 Å². The molecule has 0 aromatic heterocycles. The first-order chi connectivity index (χ1) is 14.2. The van der Waals surface area contributed by atoms with Crippen LogP contribution < -0.4 is 0 Å². The van der Waals surface area contributed by atoms with E-state index in [0.717, 1.165) is 0 Å².